The second kappa shape index (κ2) is 10.8. The Labute approximate surface area is 191 Å². The highest BCUT2D eigenvalue weighted by atomic mass is 19.4. The summed E-state index contributed by atoms with van der Waals surface area (Å²) in [6.45, 7) is 2.34. The Morgan fingerprint density at radius 2 is 1.71 bits per heavy atom. The lowest BCUT2D eigenvalue weighted by Gasteiger charge is -2.25. The molecule has 1 aliphatic heterocycles. The molecule has 0 aliphatic carbocycles. The van der Waals surface area contributed by atoms with E-state index in [-0.39, 0.29) is 18.4 Å². The molecule has 3 rings (SSSR count). The number of carbonyl (C=O) groups excluding carboxylic acids is 1. The third kappa shape index (κ3) is 6.40. The van der Waals surface area contributed by atoms with Crippen LogP contribution in [-0.4, -0.2) is 57.9 Å². The number of likely N-dealkylation sites (tertiary alicyclic amines) is 1. The van der Waals surface area contributed by atoms with Crippen molar-refractivity contribution in [3.63, 3.8) is 0 Å². The number of carbonyl (C=O) groups is 2. The molecule has 1 amide bonds. The summed E-state index contributed by atoms with van der Waals surface area (Å²) < 4.78 is 60.3. The lowest BCUT2D eigenvalue weighted by molar-refractivity contribution is -0.192. The summed E-state index contributed by atoms with van der Waals surface area (Å²) in [5.41, 5.74) is 7.48. The SMILES string of the molecule is C[C@@H](c1ccc(-c2ccc(=O)n(C)c2F)cc1)[C@H](N)C(=O)N1CC[C@H](F)C1.O=C(O)C(F)(F)F. The van der Waals surface area contributed by atoms with Crippen LogP contribution in [-0.2, 0) is 16.6 Å². The number of halogens is 5. The van der Waals surface area contributed by atoms with E-state index < -0.39 is 35.9 Å². The molecule has 186 valence electrons. The van der Waals surface area contributed by atoms with Gasteiger partial charge in [-0.15, -0.1) is 0 Å². The van der Waals surface area contributed by atoms with Gasteiger partial charge in [0.25, 0.3) is 5.56 Å². The molecule has 0 bridgehead atoms. The van der Waals surface area contributed by atoms with Crippen molar-refractivity contribution in [2.24, 2.45) is 12.8 Å². The fourth-order valence-corrected chi connectivity index (χ4v) is 3.34. The number of aromatic nitrogens is 1. The van der Waals surface area contributed by atoms with Crippen LogP contribution in [0.1, 0.15) is 24.8 Å². The molecule has 2 aromatic rings. The zero-order valence-corrected chi connectivity index (χ0v) is 18.4. The first kappa shape index (κ1) is 27.0. The molecule has 3 N–H and O–H groups in total. The first-order chi connectivity index (χ1) is 15.7. The number of hydrogen-bond acceptors (Lipinski definition) is 4. The molecule has 2 heterocycles. The molecule has 1 aliphatic rings. The zero-order valence-electron chi connectivity index (χ0n) is 18.4. The van der Waals surface area contributed by atoms with Crippen molar-refractivity contribution in [2.75, 3.05) is 13.1 Å². The minimum atomic E-state index is -5.08. The van der Waals surface area contributed by atoms with E-state index in [1.165, 1.54) is 24.1 Å². The molecular formula is C22H24F5N3O4. The molecule has 34 heavy (non-hydrogen) atoms. The van der Waals surface area contributed by atoms with Gasteiger partial charge in [0.1, 0.15) is 6.17 Å². The van der Waals surface area contributed by atoms with Crippen molar-refractivity contribution in [3.8, 4) is 11.1 Å². The molecule has 1 fully saturated rings. The number of aliphatic carboxylic acids is 1. The highest BCUT2D eigenvalue weighted by molar-refractivity contribution is 5.83. The maximum atomic E-state index is 14.3. The highest BCUT2D eigenvalue weighted by Crippen LogP contribution is 2.26. The zero-order chi connectivity index (χ0) is 25.8. The third-order valence-corrected chi connectivity index (χ3v) is 5.50. The number of amides is 1. The van der Waals surface area contributed by atoms with Crippen LogP contribution in [0, 0.1) is 5.95 Å². The van der Waals surface area contributed by atoms with E-state index in [2.05, 4.69) is 0 Å². The van der Waals surface area contributed by atoms with Crippen LogP contribution < -0.4 is 11.3 Å². The number of benzene rings is 1. The first-order valence-corrected chi connectivity index (χ1v) is 10.2. The lowest BCUT2D eigenvalue weighted by Crippen LogP contribution is -2.45. The fourth-order valence-electron chi connectivity index (χ4n) is 3.34. The fraction of sp³-hybridized carbons (Fsp3) is 0.409. The van der Waals surface area contributed by atoms with Crippen molar-refractivity contribution in [1.82, 2.24) is 9.47 Å². The van der Waals surface area contributed by atoms with Gasteiger partial charge in [-0.1, -0.05) is 31.2 Å². The second-order valence-corrected chi connectivity index (χ2v) is 7.84. The van der Waals surface area contributed by atoms with E-state index in [9.17, 15) is 31.5 Å². The predicted octanol–water partition coefficient (Wildman–Crippen LogP) is 2.83. The molecule has 7 nitrogen and oxygen atoms in total. The van der Waals surface area contributed by atoms with E-state index in [0.717, 1.165) is 10.1 Å². The number of carboxylic acids is 1. The molecule has 1 aromatic heterocycles. The Hall–Kier alpha value is -3.28. The van der Waals surface area contributed by atoms with Crippen LogP contribution in [0.2, 0.25) is 0 Å². The summed E-state index contributed by atoms with van der Waals surface area (Å²) in [4.78, 5) is 34.3. The van der Waals surface area contributed by atoms with Gasteiger partial charge in [0.2, 0.25) is 11.9 Å². The topological polar surface area (TPSA) is 106 Å². The summed E-state index contributed by atoms with van der Waals surface area (Å²) in [5, 5.41) is 7.12. The van der Waals surface area contributed by atoms with Crippen LogP contribution in [0.25, 0.3) is 11.1 Å². The summed E-state index contributed by atoms with van der Waals surface area (Å²) in [6, 6.07) is 9.05. The van der Waals surface area contributed by atoms with Crippen LogP contribution >= 0.6 is 0 Å². The van der Waals surface area contributed by atoms with Gasteiger partial charge in [0.15, 0.2) is 0 Å². The van der Waals surface area contributed by atoms with Crippen LogP contribution in [0.5, 0.6) is 0 Å². The van der Waals surface area contributed by atoms with Crippen molar-refractivity contribution in [2.45, 2.75) is 37.7 Å². The molecule has 0 spiro atoms. The van der Waals surface area contributed by atoms with Gasteiger partial charge < -0.3 is 15.7 Å². The first-order valence-electron chi connectivity index (χ1n) is 10.2. The Bertz CT molecular complexity index is 1090. The maximum absolute atomic E-state index is 14.3. The Morgan fingerprint density at radius 1 is 1.15 bits per heavy atom. The Kier molecular flexibility index (Phi) is 8.54. The minimum Gasteiger partial charge on any atom is -0.475 e. The third-order valence-electron chi connectivity index (χ3n) is 5.50. The quantitative estimate of drug-likeness (QED) is 0.508. The Morgan fingerprint density at radius 3 is 2.18 bits per heavy atom. The number of alkyl halides is 4. The molecule has 3 atom stereocenters. The van der Waals surface area contributed by atoms with Gasteiger partial charge in [-0.3, -0.25) is 14.2 Å². The number of rotatable bonds is 4. The minimum absolute atomic E-state index is 0.101. The van der Waals surface area contributed by atoms with Gasteiger partial charge in [0.05, 0.1) is 12.6 Å². The highest BCUT2D eigenvalue weighted by Gasteiger charge is 2.38. The van der Waals surface area contributed by atoms with E-state index in [1.807, 2.05) is 6.92 Å². The van der Waals surface area contributed by atoms with Gasteiger partial charge >= 0.3 is 12.1 Å². The van der Waals surface area contributed by atoms with Crippen LogP contribution in [0.4, 0.5) is 22.0 Å². The normalized spacial score (nSPS) is 17.5. The monoisotopic (exact) mass is 489 g/mol. The van der Waals surface area contributed by atoms with E-state index >= 15 is 0 Å². The van der Waals surface area contributed by atoms with Crippen molar-refractivity contribution >= 4 is 11.9 Å². The summed E-state index contributed by atoms with van der Waals surface area (Å²) >= 11 is 0. The number of nitrogens with two attached hydrogens (primary N) is 1. The van der Waals surface area contributed by atoms with Gasteiger partial charge in [-0.25, -0.2) is 9.18 Å². The van der Waals surface area contributed by atoms with Gasteiger partial charge in [0, 0.05) is 31.1 Å². The standard InChI is InChI=1S/C20H23F2N3O2.C2HF3O2/c1-12(18(23)20(27)25-10-9-15(21)11-25)13-3-5-14(6-4-13)16-7-8-17(26)24(2)19(16)22;3-2(4,5)1(6)7/h3-8,12,15,18H,9-11,23H2,1-2H3;(H,6,7)/t12-,15-,18-;/m0./s1. The van der Waals surface area contributed by atoms with Crippen LogP contribution in [0.15, 0.2) is 41.2 Å². The number of nitrogens with zero attached hydrogens (tertiary/aromatic N) is 2. The average Bonchev–Trinajstić information content (AvgIpc) is 3.22. The largest absolute Gasteiger partial charge is 0.490 e. The molecule has 1 saturated heterocycles. The number of pyridine rings is 1. The molecular weight excluding hydrogens is 465 g/mol. The van der Waals surface area contributed by atoms with E-state index in [1.54, 1.807) is 24.3 Å². The molecule has 12 heteroatoms. The maximum Gasteiger partial charge on any atom is 0.490 e. The smallest absolute Gasteiger partial charge is 0.475 e. The number of hydrogen-bond donors (Lipinski definition) is 2. The predicted molar refractivity (Wildman–Crippen MR) is 113 cm³/mol. The van der Waals surface area contributed by atoms with Crippen molar-refractivity contribution < 1.29 is 36.6 Å². The summed E-state index contributed by atoms with van der Waals surface area (Å²) in [5.74, 6) is -3.89. The molecule has 0 unspecified atom stereocenters. The van der Waals surface area contributed by atoms with Crippen molar-refractivity contribution in [1.29, 1.82) is 0 Å². The Balaban J connectivity index is 0.000000509. The molecule has 0 radical (unpaired) electrons. The van der Waals surface area contributed by atoms with E-state index in [4.69, 9.17) is 15.6 Å². The molecule has 0 saturated carbocycles. The summed E-state index contributed by atoms with van der Waals surface area (Å²) in [6.07, 6.45) is -5.71. The second-order valence-electron chi connectivity index (χ2n) is 7.84. The van der Waals surface area contributed by atoms with Gasteiger partial charge in [-0.2, -0.15) is 17.6 Å². The van der Waals surface area contributed by atoms with E-state index in [0.29, 0.717) is 24.1 Å². The average molecular weight is 489 g/mol. The van der Waals surface area contributed by atoms with Crippen molar-refractivity contribution in [3.05, 3.63) is 58.3 Å². The van der Waals surface area contributed by atoms with Gasteiger partial charge in [-0.05, 0) is 23.6 Å². The lowest BCUT2D eigenvalue weighted by atomic mass is 9.91. The number of carboxylic acid groups (broad SMARTS) is 1. The van der Waals surface area contributed by atoms with Crippen LogP contribution in [0.3, 0.4) is 0 Å². The summed E-state index contributed by atoms with van der Waals surface area (Å²) in [7, 11) is 1.38. The molecule has 1 aromatic carbocycles.